The van der Waals surface area contributed by atoms with Gasteiger partial charge in [0, 0.05) is 30.6 Å². The molecular formula is C15H24N2O3S. The zero-order valence-corrected chi connectivity index (χ0v) is 13.5. The van der Waals surface area contributed by atoms with E-state index in [9.17, 15) is 9.90 Å². The molecule has 1 aromatic rings. The summed E-state index contributed by atoms with van der Waals surface area (Å²) in [6, 6.07) is 4.24. The summed E-state index contributed by atoms with van der Waals surface area (Å²) in [4.78, 5) is 14.3. The summed E-state index contributed by atoms with van der Waals surface area (Å²) in [5.74, 6) is 0. The lowest BCUT2D eigenvalue weighted by atomic mass is 10.0. The number of rotatable bonds is 5. The van der Waals surface area contributed by atoms with E-state index in [-0.39, 0.29) is 6.09 Å². The van der Waals surface area contributed by atoms with Crippen LogP contribution in [0.5, 0.6) is 0 Å². The van der Waals surface area contributed by atoms with Crippen molar-refractivity contribution in [3.63, 3.8) is 0 Å². The Bertz CT molecular complexity index is 440. The molecule has 1 amide bonds. The number of piperidine rings is 1. The van der Waals surface area contributed by atoms with Crippen molar-refractivity contribution in [3.05, 3.63) is 22.4 Å². The molecular weight excluding hydrogens is 288 g/mol. The number of amides is 1. The SMILES string of the molecule is CCOC(=O)N1CCC(NCC(C)(O)c2cccs2)CC1. The van der Waals surface area contributed by atoms with Crippen LogP contribution in [0.2, 0.25) is 0 Å². The number of likely N-dealkylation sites (tertiary alicyclic amines) is 1. The molecule has 0 aliphatic carbocycles. The monoisotopic (exact) mass is 312 g/mol. The lowest BCUT2D eigenvalue weighted by Crippen LogP contribution is -2.48. The molecule has 2 rings (SSSR count). The van der Waals surface area contributed by atoms with Crippen LogP contribution in [0.3, 0.4) is 0 Å². The lowest BCUT2D eigenvalue weighted by molar-refractivity contribution is 0.0520. The van der Waals surface area contributed by atoms with Crippen LogP contribution in [0.15, 0.2) is 17.5 Å². The minimum atomic E-state index is -0.841. The lowest BCUT2D eigenvalue weighted by Gasteiger charge is -2.33. The summed E-state index contributed by atoms with van der Waals surface area (Å²) in [6.07, 6.45) is 1.56. The van der Waals surface area contributed by atoms with E-state index in [0.717, 1.165) is 17.7 Å². The summed E-state index contributed by atoms with van der Waals surface area (Å²) in [5, 5.41) is 15.9. The van der Waals surface area contributed by atoms with Gasteiger partial charge in [0.15, 0.2) is 0 Å². The van der Waals surface area contributed by atoms with Gasteiger partial charge >= 0.3 is 6.09 Å². The second-order valence-corrected chi connectivity index (χ2v) is 6.54. The standard InChI is InChI=1S/C15H24N2O3S/c1-3-20-14(18)17-8-6-12(7-9-17)16-11-15(2,19)13-5-4-10-21-13/h4-5,10,12,16,19H,3,6-9,11H2,1-2H3. The van der Waals surface area contributed by atoms with Crippen LogP contribution in [0.25, 0.3) is 0 Å². The van der Waals surface area contributed by atoms with Crippen molar-refractivity contribution >= 4 is 17.4 Å². The van der Waals surface area contributed by atoms with Gasteiger partial charge in [0.1, 0.15) is 5.60 Å². The number of aliphatic hydroxyl groups is 1. The Morgan fingerprint density at radius 3 is 2.86 bits per heavy atom. The smallest absolute Gasteiger partial charge is 0.409 e. The summed E-state index contributed by atoms with van der Waals surface area (Å²) in [6.45, 7) is 6.01. The molecule has 0 spiro atoms. The van der Waals surface area contributed by atoms with Gasteiger partial charge in [-0.1, -0.05) is 6.07 Å². The molecule has 0 saturated carbocycles. The molecule has 6 heteroatoms. The number of hydrogen-bond donors (Lipinski definition) is 2. The molecule has 21 heavy (non-hydrogen) atoms. The molecule has 0 aromatic carbocycles. The van der Waals surface area contributed by atoms with Crippen molar-refractivity contribution < 1.29 is 14.6 Å². The topological polar surface area (TPSA) is 61.8 Å². The first-order valence-electron chi connectivity index (χ1n) is 7.44. The van der Waals surface area contributed by atoms with Crippen LogP contribution >= 0.6 is 11.3 Å². The fraction of sp³-hybridized carbons (Fsp3) is 0.667. The van der Waals surface area contributed by atoms with Crippen molar-refractivity contribution in [2.24, 2.45) is 0 Å². The summed E-state index contributed by atoms with van der Waals surface area (Å²) in [5.41, 5.74) is -0.841. The van der Waals surface area contributed by atoms with E-state index in [4.69, 9.17) is 4.74 Å². The molecule has 1 aliphatic rings. The largest absolute Gasteiger partial charge is 0.450 e. The molecule has 5 nitrogen and oxygen atoms in total. The maximum atomic E-state index is 11.6. The highest BCUT2D eigenvalue weighted by Gasteiger charge is 2.28. The first-order chi connectivity index (χ1) is 10.0. The van der Waals surface area contributed by atoms with Crippen LogP contribution in [0.1, 0.15) is 31.6 Å². The van der Waals surface area contributed by atoms with E-state index >= 15 is 0 Å². The molecule has 1 aromatic heterocycles. The van der Waals surface area contributed by atoms with Gasteiger partial charge < -0.3 is 20.1 Å². The second kappa shape index (κ2) is 7.24. The zero-order valence-electron chi connectivity index (χ0n) is 12.7. The van der Waals surface area contributed by atoms with E-state index in [1.807, 2.05) is 31.4 Å². The number of thiophene rings is 1. The Labute approximate surface area is 129 Å². The van der Waals surface area contributed by atoms with Gasteiger partial charge in [-0.3, -0.25) is 0 Å². The normalized spacial score (nSPS) is 19.3. The number of nitrogens with one attached hydrogen (secondary N) is 1. The number of nitrogens with zero attached hydrogens (tertiary/aromatic N) is 1. The summed E-state index contributed by atoms with van der Waals surface area (Å²) in [7, 11) is 0. The van der Waals surface area contributed by atoms with Crippen molar-refractivity contribution in [3.8, 4) is 0 Å². The average molecular weight is 312 g/mol. The molecule has 1 atom stereocenters. The third kappa shape index (κ3) is 4.43. The predicted octanol–water partition coefficient (Wildman–Crippen LogP) is 2.17. The van der Waals surface area contributed by atoms with Gasteiger partial charge in [-0.15, -0.1) is 11.3 Å². The zero-order chi connectivity index (χ0) is 15.3. The van der Waals surface area contributed by atoms with Crippen LogP contribution in [0, 0.1) is 0 Å². The van der Waals surface area contributed by atoms with Crippen molar-refractivity contribution in [1.29, 1.82) is 0 Å². The molecule has 0 radical (unpaired) electrons. The third-order valence-corrected chi connectivity index (χ3v) is 4.93. The van der Waals surface area contributed by atoms with E-state index < -0.39 is 5.60 Å². The first-order valence-corrected chi connectivity index (χ1v) is 8.32. The second-order valence-electron chi connectivity index (χ2n) is 5.59. The molecule has 118 valence electrons. The van der Waals surface area contributed by atoms with E-state index in [0.29, 0.717) is 32.3 Å². The molecule has 1 aliphatic heterocycles. The maximum absolute atomic E-state index is 11.6. The Hall–Kier alpha value is -1.11. The van der Waals surface area contributed by atoms with Gasteiger partial charge in [-0.25, -0.2) is 4.79 Å². The van der Waals surface area contributed by atoms with E-state index in [1.165, 1.54) is 0 Å². The summed E-state index contributed by atoms with van der Waals surface area (Å²) >= 11 is 1.57. The maximum Gasteiger partial charge on any atom is 0.409 e. The molecule has 1 fully saturated rings. The minimum Gasteiger partial charge on any atom is -0.450 e. The van der Waals surface area contributed by atoms with Gasteiger partial charge in [0.2, 0.25) is 0 Å². The highest BCUT2D eigenvalue weighted by atomic mass is 32.1. The molecule has 0 bridgehead atoms. The molecule has 2 N–H and O–H groups in total. The number of carbonyl (C=O) groups is 1. The summed E-state index contributed by atoms with van der Waals surface area (Å²) < 4.78 is 5.01. The molecule has 1 saturated heterocycles. The molecule has 1 unspecified atom stereocenters. The van der Waals surface area contributed by atoms with Crippen LogP contribution in [0.4, 0.5) is 4.79 Å². The van der Waals surface area contributed by atoms with Crippen molar-refractivity contribution in [1.82, 2.24) is 10.2 Å². The van der Waals surface area contributed by atoms with Crippen molar-refractivity contribution in [2.75, 3.05) is 26.2 Å². The Morgan fingerprint density at radius 2 is 2.29 bits per heavy atom. The minimum absolute atomic E-state index is 0.221. The molecule has 2 heterocycles. The highest BCUT2D eigenvalue weighted by molar-refractivity contribution is 7.10. The van der Waals surface area contributed by atoms with Gasteiger partial charge in [0.25, 0.3) is 0 Å². The van der Waals surface area contributed by atoms with Crippen LogP contribution in [-0.2, 0) is 10.3 Å². The quantitative estimate of drug-likeness (QED) is 0.875. The predicted molar refractivity (Wildman–Crippen MR) is 83.5 cm³/mol. The fourth-order valence-corrected chi connectivity index (χ4v) is 3.28. The first kappa shape index (κ1) is 16.3. The van der Waals surface area contributed by atoms with Crippen LogP contribution < -0.4 is 5.32 Å². The van der Waals surface area contributed by atoms with E-state index in [1.54, 1.807) is 16.2 Å². The Balaban J connectivity index is 1.75. The highest BCUT2D eigenvalue weighted by Crippen LogP contribution is 2.25. The Morgan fingerprint density at radius 1 is 1.57 bits per heavy atom. The number of hydrogen-bond acceptors (Lipinski definition) is 5. The number of ether oxygens (including phenoxy) is 1. The van der Waals surface area contributed by atoms with Gasteiger partial charge in [0.05, 0.1) is 6.61 Å². The van der Waals surface area contributed by atoms with Gasteiger partial charge in [-0.2, -0.15) is 0 Å². The van der Waals surface area contributed by atoms with Crippen molar-refractivity contribution in [2.45, 2.75) is 38.3 Å². The fourth-order valence-electron chi connectivity index (χ4n) is 2.50. The third-order valence-electron chi connectivity index (χ3n) is 3.81. The number of carbonyl (C=O) groups excluding carboxylic acids is 1. The van der Waals surface area contributed by atoms with Crippen LogP contribution in [-0.4, -0.2) is 48.4 Å². The average Bonchev–Trinajstić information content (AvgIpc) is 3.01. The Kier molecular flexibility index (Phi) is 5.61. The van der Waals surface area contributed by atoms with E-state index in [2.05, 4.69) is 5.32 Å². The van der Waals surface area contributed by atoms with Gasteiger partial charge in [-0.05, 0) is 38.1 Å².